The van der Waals surface area contributed by atoms with Crippen molar-refractivity contribution in [1.29, 1.82) is 0 Å². The maximum atomic E-state index is 5.45. The number of H-pyrrole nitrogens is 1. The van der Waals surface area contributed by atoms with Gasteiger partial charge in [-0.05, 0) is 61.5 Å². The largest absolute Gasteiger partial charge is 0.346 e. The zero-order valence-corrected chi connectivity index (χ0v) is 14.1. The first-order chi connectivity index (χ1) is 9.63. The molecule has 2 atom stereocenters. The number of piperidine rings is 1. The Labute approximate surface area is 133 Å². The summed E-state index contributed by atoms with van der Waals surface area (Å²) in [4.78, 5) is 10.9. The summed E-state index contributed by atoms with van der Waals surface area (Å²) in [5.74, 6) is 2.39. The molecule has 3 aliphatic rings. The molecule has 3 nitrogen and oxygen atoms in total. The number of nitrogens with zero attached hydrogens (tertiary/aromatic N) is 2. The van der Waals surface area contributed by atoms with Gasteiger partial charge in [0.15, 0.2) is 0 Å². The maximum absolute atomic E-state index is 5.45. The van der Waals surface area contributed by atoms with E-state index < -0.39 is 0 Å². The van der Waals surface area contributed by atoms with Crippen molar-refractivity contribution in [2.45, 2.75) is 62.4 Å². The van der Waals surface area contributed by atoms with E-state index in [1.54, 1.807) is 0 Å². The minimum absolute atomic E-state index is 0.566. The summed E-state index contributed by atoms with van der Waals surface area (Å²) in [5, 5.41) is 0. The highest BCUT2D eigenvalue weighted by Gasteiger charge is 2.40. The van der Waals surface area contributed by atoms with Crippen LogP contribution in [0.3, 0.4) is 0 Å². The summed E-state index contributed by atoms with van der Waals surface area (Å²) < 4.78 is 1.77. The molecular weight excluding hydrogens is 334 g/mol. The number of rotatable bonds is 2. The SMILES string of the molecule is CN1C2CCC1CC(c1nc(=S)c(Br)c(C3CC3)[nH]1)C2. The molecule has 1 aliphatic carbocycles. The minimum atomic E-state index is 0.566. The number of aromatic nitrogens is 2. The lowest BCUT2D eigenvalue weighted by molar-refractivity contribution is 0.158. The maximum Gasteiger partial charge on any atom is 0.144 e. The van der Waals surface area contributed by atoms with E-state index in [1.165, 1.54) is 44.2 Å². The van der Waals surface area contributed by atoms with Crippen LogP contribution >= 0.6 is 28.1 Å². The normalized spacial score (nSPS) is 33.6. The molecule has 1 saturated carbocycles. The third-order valence-corrected chi connectivity index (χ3v) is 6.74. The molecule has 1 aromatic heterocycles. The second kappa shape index (κ2) is 4.89. The molecule has 0 amide bonds. The van der Waals surface area contributed by atoms with Crippen molar-refractivity contribution < 1.29 is 0 Å². The summed E-state index contributed by atoms with van der Waals surface area (Å²) in [6.45, 7) is 0. The van der Waals surface area contributed by atoms with Crippen LogP contribution in [0, 0.1) is 4.64 Å². The van der Waals surface area contributed by atoms with Crippen LogP contribution in [0.4, 0.5) is 0 Å². The van der Waals surface area contributed by atoms with Crippen molar-refractivity contribution in [3.63, 3.8) is 0 Å². The predicted molar refractivity (Wildman–Crippen MR) is 85.6 cm³/mol. The van der Waals surface area contributed by atoms with Crippen LogP contribution in [-0.4, -0.2) is 34.0 Å². The lowest BCUT2D eigenvalue weighted by Crippen LogP contribution is -2.39. The molecular formula is C15H20BrN3S. The van der Waals surface area contributed by atoms with E-state index in [4.69, 9.17) is 12.2 Å². The van der Waals surface area contributed by atoms with Crippen LogP contribution in [0.25, 0.3) is 0 Å². The van der Waals surface area contributed by atoms with Crippen LogP contribution in [0.1, 0.15) is 61.9 Å². The molecule has 20 heavy (non-hydrogen) atoms. The van der Waals surface area contributed by atoms with Crippen molar-refractivity contribution in [2.75, 3.05) is 7.05 Å². The van der Waals surface area contributed by atoms with Gasteiger partial charge in [-0.25, -0.2) is 4.98 Å². The minimum Gasteiger partial charge on any atom is -0.346 e. The molecule has 2 aliphatic heterocycles. The molecule has 3 fully saturated rings. The Morgan fingerprint density at radius 3 is 2.40 bits per heavy atom. The number of aromatic amines is 1. The third kappa shape index (κ3) is 2.18. The number of nitrogens with one attached hydrogen (secondary N) is 1. The smallest absolute Gasteiger partial charge is 0.144 e. The first kappa shape index (κ1) is 13.4. The molecule has 5 heteroatoms. The highest BCUT2D eigenvalue weighted by molar-refractivity contribution is 9.10. The van der Waals surface area contributed by atoms with Crippen molar-refractivity contribution in [2.24, 2.45) is 0 Å². The van der Waals surface area contributed by atoms with E-state index in [1.807, 2.05) is 0 Å². The highest BCUT2D eigenvalue weighted by Crippen LogP contribution is 2.45. The van der Waals surface area contributed by atoms with Crippen LogP contribution in [0.5, 0.6) is 0 Å². The van der Waals surface area contributed by atoms with Crippen molar-refractivity contribution in [1.82, 2.24) is 14.9 Å². The van der Waals surface area contributed by atoms with Crippen molar-refractivity contribution in [3.8, 4) is 0 Å². The zero-order valence-electron chi connectivity index (χ0n) is 11.7. The molecule has 1 aromatic rings. The van der Waals surface area contributed by atoms with Crippen molar-refractivity contribution >= 4 is 28.1 Å². The molecule has 0 aromatic carbocycles. The molecule has 2 bridgehead atoms. The number of halogens is 1. The summed E-state index contributed by atoms with van der Waals surface area (Å²) >= 11 is 9.07. The molecule has 0 radical (unpaired) electrons. The number of fused-ring (bicyclic) bond motifs is 2. The molecule has 2 saturated heterocycles. The molecule has 2 unspecified atom stereocenters. The Bertz CT molecular complexity index is 581. The second-order valence-electron chi connectivity index (χ2n) is 6.65. The van der Waals surface area contributed by atoms with E-state index in [9.17, 15) is 0 Å². The van der Waals surface area contributed by atoms with Gasteiger partial charge in [-0.15, -0.1) is 0 Å². The summed E-state index contributed by atoms with van der Waals surface area (Å²) in [6.07, 6.45) is 7.74. The van der Waals surface area contributed by atoms with Crippen LogP contribution in [0.2, 0.25) is 0 Å². The van der Waals surface area contributed by atoms with Crippen LogP contribution in [0.15, 0.2) is 4.47 Å². The van der Waals surface area contributed by atoms with E-state index >= 15 is 0 Å². The van der Waals surface area contributed by atoms with Gasteiger partial charge in [0, 0.05) is 29.6 Å². The zero-order chi connectivity index (χ0) is 13.9. The Morgan fingerprint density at radius 1 is 1.15 bits per heavy atom. The summed E-state index contributed by atoms with van der Waals surface area (Å²) in [5.41, 5.74) is 1.30. The van der Waals surface area contributed by atoms with E-state index in [0.717, 1.165) is 27.0 Å². The Kier molecular flexibility index (Phi) is 3.28. The quantitative estimate of drug-likeness (QED) is 0.811. The topological polar surface area (TPSA) is 31.9 Å². The lowest BCUT2D eigenvalue weighted by atomic mass is 9.90. The van der Waals surface area contributed by atoms with Gasteiger partial charge in [-0.3, -0.25) is 0 Å². The molecule has 1 N–H and O–H groups in total. The summed E-state index contributed by atoms with van der Waals surface area (Å²) in [7, 11) is 2.28. The Hall–Kier alpha value is -0.260. The summed E-state index contributed by atoms with van der Waals surface area (Å²) in [6, 6.07) is 1.49. The van der Waals surface area contributed by atoms with Crippen molar-refractivity contribution in [3.05, 3.63) is 20.6 Å². The molecule has 0 spiro atoms. The Balaban J connectivity index is 1.67. The van der Waals surface area contributed by atoms with Crippen LogP contribution in [-0.2, 0) is 0 Å². The average Bonchev–Trinajstić information content (AvgIpc) is 3.23. The van der Waals surface area contributed by atoms with Gasteiger partial charge in [-0.2, -0.15) is 0 Å². The van der Waals surface area contributed by atoms with Gasteiger partial charge >= 0.3 is 0 Å². The molecule has 3 heterocycles. The fourth-order valence-corrected chi connectivity index (χ4v) is 4.70. The number of hydrogen-bond acceptors (Lipinski definition) is 3. The Morgan fingerprint density at radius 2 is 1.80 bits per heavy atom. The monoisotopic (exact) mass is 353 g/mol. The van der Waals surface area contributed by atoms with Gasteiger partial charge < -0.3 is 9.88 Å². The highest BCUT2D eigenvalue weighted by atomic mass is 79.9. The lowest BCUT2D eigenvalue weighted by Gasteiger charge is -2.36. The fourth-order valence-electron chi connectivity index (χ4n) is 3.98. The van der Waals surface area contributed by atoms with Gasteiger partial charge in [0.2, 0.25) is 0 Å². The van der Waals surface area contributed by atoms with Gasteiger partial charge in [0.1, 0.15) is 10.5 Å². The molecule has 4 rings (SSSR count). The van der Waals surface area contributed by atoms with E-state index in [2.05, 4.69) is 37.8 Å². The van der Waals surface area contributed by atoms with Gasteiger partial charge in [0.25, 0.3) is 0 Å². The average molecular weight is 354 g/mol. The predicted octanol–water partition coefficient (Wildman–Crippen LogP) is 4.12. The van der Waals surface area contributed by atoms with Gasteiger partial charge in [-0.1, -0.05) is 12.2 Å². The molecule has 108 valence electrons. The second-order valence-corrected chi connectivity index (χ2v) is 7.83. The van der Waals surface area contributed by atoms with E-state index in [0.29, 0.717) is 11.8 Å². The van der Waals surface area contributed by atoms with E-state index in [-0.39, 0.29) is 0 Å². The number of hydrogen-bond donors (Lipinski definition) is 1. The van der Waals surface area contributed by atoms with Gasteiger partial charge in [0.05, 0.1) is 4.47 Å². The first-order valence-electron chi connectivity index (χ1n) is 7.65. The third-order valence-electron chi connectivity index (χ3n) is 5.38. The van der Waals surface area contributed by atoms with Crippen LogP contribution < -0.4 is 0 Å². The standard InChI is InChI=1S/C15H20BrN3S/c1-19-10-4-5-11(19)7-9(6-10)14-17-13(8-2-3-8)12(16)15(20)18-14/h8-11H,2-7H2,1H3,(H,17,18,20). The first-order valence-corrected chi connectivity index (χ1v) is 8.85. The fraction of sp³-hybridized carbons (Fsp3) is 0.733.